The summed E-state index contributed by atoms with van der Waals surface area (Å²) in [5.74, 6) is -0.547. The summed E-state index contributed by atoms with van der Waals surface area (Å²) in [4.78, 5) is 23.9. The van der Waals surface area contributed by atoms with E-state index in [1.54, 1.807) is 0 Å². The van der Waals surface area contributed by atoms with Crippen molar-refractivity contribution in [1.29, 1.82) is 0 Å². The molecule has 2 aromatic rings. The molecule has 0 radical (unpaired) electrons. The van der Waals surface area contributed by atoms with Gasteiger partial charge in [-0.2, -0.15) is 0 Å². The number of ether oxygens (including phenoxy) is 1. The van der Waals surface area contributed by atoms with Crippen LogP contribution in [-0.2, 0) is 22.6 Å². The van der Waals surface area contributed by atoms with E-state index in [9.17, 15) is 9.59 Å². The van der Waals surface area contributed by atoms with Crippen molar-refractivity contribution in [2.24, 2.45) is 0 Å². The first-order chi connectivity index (χ1) is 12.6. The summed E-state index contributed by atoms with van der Waals surface area (Å²) in [6, 6.07) is 15.0. The van der Waals surface area contributed by atoms with Crippen LogP contribution in [-0.4, -0.2) is 18.4 Å². The molecule has 0 bridgehead atoms. The van der Waals surface area contributed by atoms with Gasteiger partial charge in [0.05, 0.1) is 6.61 Å². The van der Waals surface area contributed by atoms with E-state index in [1.165, 1.54) is 5.56 Å². The van der Waals surface area contributed by atoms with Gasteiger partial charge in [-0.05, 0) is 55.2 Å². The number of unbranched alkanes of at least 4 members (excludes halogenated alkanes) is 1. The second kappa shape index (κ2) is 10.2. The molecule has 0 aromatic heterocycles. The molecule has 0 aliphatic heterocycles. The highest BCUT2D eigenvalue weighted by Crippen LogP contribution is 2.13. The topological polar surface area (TPSA) is 67.4 Å². The van der Waals surface area contributed by atoms with Gasteiger partial charge in [-0.25, -0.2) is 0 Å². The maximum Gasteiger partial charge on any atom is 0.313 e. The van der Waals surface area contributed by atoms with Gasteiger partial charge >= 0.3 is 11.8 Å². The number of carbonyl (C=O) groups is 2. The summed E-state index contributed by atoms with van der Waals surface area (Å²) in [5.41, 5.74) is 2.74. The molecule has 0 unspecified atom stereocenters. The van der Waals surface area contributed by atoms with Crippen molar-refractivity contribution in [2.45, 2.75) is 39.7 Å². The molecule has 0 saturated heterocycles. The van der Waals surface area contributed by atoms with E-state index in [1.807, 2.05) is 55.5 Å². The molecular weight excluding hydrogens is 328 g/mol. The highest BCUT2D eigenvalue weighted by molar-refractivity contribution is 6.39. The lowest BCUT2D eigenvalue weighted by Crippen LogP contribution is -2.34. The van der Waals surface area contributed by atoms with Crippen LogP contribution in [0.4, 0.5) is 5.69 Å². The zero-order valence-corrected chi connectivity index (χ0v) is 15.4. The van der Waals surface area contributed by atoms with Crippen LogP contribution in [0.2, 0.25) is 0 Å². The Morgan fingerprint density at radius 2 is 1.54 bits per heavy atom. The Bertz CT molecular complexity index is 709. The Hall–Kier alpha value is -2.82. The zero-order chi connectivity index (χ0) is 18.8. The average molecular weight is 354 g/mol. The molecule has 0 aliphatic carbocycles. The molecule has 2 rings (SSSR count). The molecule has 2 N–H and O–H groups in total. The van der Waals surface area contributed by atoms with Crippen LogP contribution in [0, 0.1) is 0 Å². The van der Waals surface area contributed by atoms with Gasteiger partial charge in [0.2, 0.25) is 0 Å². The lowest BCUT2D eigenvalue weighted by molar-refractivity contribution is -0.136. The molecule has 0 saturated carbocycles. The predicted molar refractivity (Wildman–Crippen MR) is 103 cm³/mol. The molecule has 138 valence electrons. The summed E-state index contributed by atoms with van der Waals surface area (Å²) in [6.45, 7) is 4.97. The minimum atomic E-state index is -0.669. The molecule has 0 spiro atoms. The zero-order valence-electron chi connectivity index (χ0n) is 15.4. The van der Waals surface area contributed by atoms with Crippen molar-refractivity contribution in [3.05, 3.63) is 59.7 Å². The number of hydrogen-bond acceptors (Lipinski definition) is 3. The summed E-state index contributed by atoms with van der Waals surface area (Å²) < 4.78 is 5.37. The minimum absolute atomic E-state index is 0.286. The number of carbonyl (C=O) groups excluding carboxylic acids is 2. The first kappa shape index (κ1) is 19.5. The number of nitrogens with one attached hydrogen (secondary N) is 2. The first-order valence-electron chi connectivity index (χ1n) is 9.02. The molecule has 0 aliphatic rings. The number of anilines is 1. The van der Waals surface area contributed by atoms with Crippen LogP contribution in [0.3, 0.4) is 0 Å². The Morgan fingerprint density at radius 3 is 2.15 bits per heavy atom. The summed E-state index contributed by atoms with van der Waals surface area (Å²) >= 11 is 0. The second-order valence-corrected chi connectivity index (χ2v) is 6.01. The van der Waals surface area contributed by atoms with Crippen LogP contribution in [0.1, 0.15) is 37.8 Å². The van der Waals surface area contributed by atoms with Crippen LogP contribution in [0.5, 0.6) is 5.75 Å². The smallest absolute Gasteiger partial charge is 0.313 e. The first-order valence-corrected chi connectivity index (χ1v) is 9.02. The Labute approximate surface area is 154 Å². The molecule has 0 fully saturated rings. The van der Waals surface area contributed by atoms with Crippen molar-refractivity contribution in [2.75, 3.05) is 11.9 Å². The fraction of sp³-hybridized carbons (Fsp3) is 0.333. The lowest BCUT2D eigenvalue weighted by atomic mass is 10.1. The lowest BCUT2D eigenvalue weighted by Gasteiger charge is -2.08. The van der Waals surface area contributed by atoms with Gasteiger partial charge in [0.1, 0.15) is 5.75 Å². The third-order valence-electron chi connectivity index (χ3n) is 3.92. The summed E-state index contributed by atoms with van der Waals surface area (Å²) in [7, 11) is 0. The second-order valence-electron chi connectivity index (χ2n) is 6.01. The van der Waals surface area contributed by atoms with Crippen molar-refractivity contribution in [3.8, 4) is 5.75 Å². The quantitative estimate of drug-likeness (QED) is 0.711. The Morgan fingerprint density at radius 1 is 0.885 bits per heavy atom. The van der Waals surface area contributed by atoms with Gasteiger partial charge in [0.15, 0.2) is 0 Å². The van der Waals surface area contributed by atoms with E-state index in [2.05, 4.69) is 17.6 Å². The Kier molecular flexibility index (Phi) is 7.68. The van der Waals surface area contributed by atoms with Gasteiger partial charge < -0.3 is 15.4 Å². The van der Waals surface area contributed by atoms with E-state index in [4.69, 9.17) is 4.74 Å². The van der Waals surface area contributed by atoms with Gasteiger partial charge in [-0.1, -0.05) is 37.6 Å². The molecule has 0 atom stereocenters. The Balaban J connectivity index is 1.80. The monoisotopic (exact) mass is 354 g/mol. The normalized spacial score (nSPS) is 10.2. The van der Waals surface area contributed by atoms with Crippen molar-refractivity contribution >= 4 is 17.5 Å². The maximum absolute atomic E-state index is 12.0. The number of amides is 2. The van der Waals surface area contributed by atoms with Crippen molar-refractivity contribution < 1.29 is 14.3 Å². The van der Waals surface area contributed by atoms with Gasteiger partial charge in [0.25, 0.3) is 0 Å². The van der Waals surface area contributed by atoms with E-state index >= 15 is 0 Å². The van der Waals surface area contributed by atoms with Gasteiger partial charge in [-0.15, -0.1) is 0 Å². The van der Waals surface area contributed by atoms with Gasteiger partial charge in [0, 0.05) is 12.2 Å². The highest BCUT2D eigenvalue weighted by Gasteiger charge is 2.13. The standard InChI is InChI=1S/C21H26N2O3/c1-3-5-6-16-7-11-18(12-8-16)23-21(25)20(24)22-15-17-9-13-19(14-10-17)26-4-2/h7-14H,3-6,15H2,1-2H3,(H,22,24)(H,23,25). The van der Waals surface area contributed by atoms with Crippen molar-refractivity contribution in [3.63, 3.8) is 0 Å². The molecule has 5 nitrogen and oxygen atoms in total. The molecule has 0 heterocycles. The fourth-order valence-electron chi connectivity index (χ4n) is 2.46. The molecule has 2 amide bonds. The molecule has 26 heavy (non-hydrogen) atoms. The minimum Gasteiger partial charge on any atom is -0.494 e. The largest absolute Gasteiger partial charge is 0.494 e. The van der Waals surface area contributed by atoms with Gasteiger partial charge in [-0.3, -0.25) is 9.59 Å². The maximum atomic E-state index is 12.0. The van der Waals surface area contributed by atoms with E-state index in [0.29, 0.717) is 12.3 Å². The number of rotatable bonds is 8. The predicted octanol–water partition coefficient (Wildman–Crippen LogP) is 3.68. The SMILES string of the molecule is CCCCc1ccc(NC(=O)C(=O)NCc2ccc(OCC)cc2)cc1. The molecular formula is C21H26N2O3. The van der Waals surface area contributed by atoms with Crippen LogP contribution >= 0.6 is 0 Å². The summed E-state index contributed by atoms with van der Waals surface area (Å²) in [5, 5.41) is 5.23. The molecule has 2 aromatic carbocycles. The highest BCUT2D eigenvalue weighted by atomic mass is 16.5. The molecule has 5 heteroatoms. The van der Waals surface area contributed by atoms with Crippen LogP contribution in [0.15, 0.2) is 48.5 Å². The number of aryl methyl sites for hydroxylation is 1. The van der Waals surface area contributed by atoms with Crippen molar-refractivity contribution in [1.82, 2.24) is 5.32 Å². The average Bonchev–Trinajstić information content (AvgIpc) is 2.67. The summed E-state index contributed by atoms with van der Waals surface area (Å²) in [6.07, 6.45) is 3.31. The number of benzene rings is 2. The van der Waals surface area contributed by atoms with E-state index in [-0.39, 0.29) is 6.54 Å². The third kappa shape index (κ3) is 6.24. The fourth-order valence-corrected chi connectivity index (χ4v) is 2.46. The number of hydrogen-bond donors (Lipinski definition) is 2. The third-order valence-corrected chi connectivity index (χ3v) is 3.92. The van der Waals surface area contributed by atoms with Crippen LogP contribution in [0.25, 0.3) is 0 Å². The van der Waals surface area contributed by atoms with Crippen LogP contribution < -0.4 is 15.4 Å². The van der Waals surface area contributed by atoms with E-state index in [0.717, 1.165) is 30.6 Å². The van der Waals surface area contributed by atoms with E-state index < -0.39 is 11.8 Å².